The SMILES string of the molecule is CCc1cccc2c(CC3CCCC3O)c(C)[nH]c12. The third-order valence-electron chi connectivity index (χ3n) is 4.71. The lowest BCUT2D eigenvalue weighted by Crippen LogP contribution is -2.15. The number of nitrogens with one attached hydrogen (secondary N) is 1. The van der Waals surface area contributed by atoms with Gasteiger partial charge in [0.1, 0.15) is 0 Å². The second-order valence-corrected chi connectivity index (χ2v) is 5.88. The molecule has 19 heavy (non-hydrogen) atoms. The van der Waals surface area contributed by atoms with Crippen LogP contribution in [0.2, 0.25) is 0 Å². The normalized spacial score (nSPS) is 23.3. The summed E-state index contributed by atoms with van der Waals surface area (Å²) in [6.07, 6.45) is 5.29. The van der Waals surface area contributed by atoms with Gasteiger partial charge in [0, 0.05) is 16.6 Å². The summed E-state index contributed by atoms with van der Waals surface area (Å²) in [4.78, 5) is 3.55. The Labute approximate surface area is 114 Å². The molecule has 2 nitrogen and oxygen atoms in total. The van der Waals surface area contributed by atoms with Crippen molar-refractivity contribution in [3.8, 4) is 0 Å². The standard InChI is InChI=1S/C17H23NO/c1-3-12-6-4-8-14-15(11(2)18-17(12)14)10-13-7-5-9-16(13)19/h4,6,8,13,16,18-19H,3,5,7,9-10H2,1-2H3. The van der Waals surface area contributed by atoms with Gasteiger partial charge in [-0.3, -0.25) is 0 Å². The van der Waals surface area contributed by atoms with Gasteiger partial charge in [-0.05, 0) is 49.7 Å². The lowest BCUT2D eigenvalue weighted by Gasteiger charge is -2.14. The lowest BCUT2D eigenvalue weighted by molar-refractivity contribution is 0.133. The number of benzene rings is 1. The smallest absolute Gasteiger partial charge is 0.0571 e. The molecule has 1 heterocycles. The van der Waals surface area contributed by atoms with E-state index in [2.05, 4.69) is 37.0 Å². The lowest BCUT2D eigenvalue weighted by atomic mass is 9.94. The molecule has 2 aromatic rings. The molecule has 1 aliphatic rings. The molecular formula is C17H23NO. The molecule has 0 radical (unpaired) electrons. The van der Waals surface area contributed by atoms with Crippen molar-refractivity contribution in [2.75, 3.05) is 0 Å². The number of aromatic amines is 1. The van der Waals surface area contributed by atoms with Crippen LogP contribution in [0.5, 0.6) is 0 Å². The summed E-state index contributed by atoms with van der Waals surface area (Å²) in [6.45, 7) is 4.36. The Hall–Kier alpha value is -1.28. The van der Waals surface area contributed by atoms with E-state index in [1.54, 1.807) is 0 Å². The first kappa shape index (κ1) is 12.7. The Balaban J connectivity index is 2.01. The van der Waals surface area contributed by atoms with Gasteiger partial charge in [-0.25, -0.2) is 0 Å². The predicted molar refractivity (Wildman–Crippen MR) is 79.5 cm³/mol. The third-order valence-corrected chi connectivity index (χ3v) is 4.71. The minimum absolute atomic E-state index is 0.0984. The summed E-state index contributed by atoms with van der Waals surface area (Å²) in [5, 5.41) is 11.4. The minimum atomic E-state index is -0.0984. The summed E-state index contributed by atoms with van der Waals surface area (Å²) in [6, 6.07) is 6.57. The van der Waals surface area contributed by atoms with Crippen LogP contribution in [0.3, 0.4) is 0 Å². The van der Waals surface area contributed by atoms with E-state index in [0.717, 1.165) is 19.3 Å². The average Bonchev–Trinajstić information content (AvgIpc) is 2.95. The zero-order valence-corrected chi connectivity index (χ0v) is 11.9. The maximum atomic E-state index is 10.0. The second kappa shape index (κ2) is 5.01. The summed E-state index contributed by atoms with van der Waals surface area (Å²) in [7, 11) is 0. The van der Waals surface area contributed by atoms with E-state index in [0.29, 0.717) is 5.92 Å². The molecule has 0 bridgehead atoms. The molecule has 2 unspecified atom stereocenters. The predicted octanol–water partition coefficient (Wildman–Crippen LogP) is 3.74. The van der Waals surface area contributed by atoms with Crippen LogP contribution in [0, 0.1) is 12.8 Å². The molecular weight excluding hydrogens is 234 g/mol. The monoisotopic (exact) mass is 257 g/mol. The van der Waals surface area contributed by atoms with Crippen LogP contribution in [0.1, 0.15) is 43.0 Å². The molecule has 1 saturated carbocycles. The van der Waals surface area contributed by atoms with Crippen molar-refractivity contribution in [2.45, 2.75) is 52.1 Å². The van der Waals surface area contributed by atoms with Gasteiger partial charge in [-0.2, -0.15) is 0 Å². The van der Waals surface area contributed by atoms with Gasteiger partial charge >= 0.3 is 0 Å². The van der Waals surface area contributed by atoms with Crippen molar-refractivity contribution in [1.82, 2.24) is 4.98 Å². The molecule has 1 aromatic carbocycles. The van der Waals surface area contributed by atoms with Gasteiger partial charge in [-0.1, -0.05) is 31.5 Å². The molecule has 102 valence electrons. The van der Waals surface area contributed by atoms with Crippen molar-refractivity contribution < 1.29 is 5.11 Å². The first-order chi connectivity index (χ1) is 9.20. The quantitative estimate of drug-likeness (QED) is 0.863. The van der Waals surface area contributed by atoms with Gasteiger partial charge in [0.15, 0.2) is 0 Å². The van der Waals surface area contributed by atoms with E-state index in [9.17, 15) is 5.11 Å². The van der Waals surface area contributed by atoms with Crippen LogP contribution in [0.4, 0.5) is 0 Å². The third kappa shape index (κ3) is 2.18. The number of rotatable bonds is 3. The largest absolute Gasteiger partial charge is 0.393 e. The summed E-state index contributed by atoms with van der Waals surface area (Å²) in [5.74, 6) is 0.447. The van der Waals surface area contributed by atoms with Crippen LogP contribution >= 0.6 is 0 Å². The first-order valence-corrected chi connectivity index (χ1v) is 7.47. The zero-order valence-electron chi connectivity index (χ0n) is 11.9. The van der Waals surface area contributed by atoms with Crippen LogP contribution in [-0.4, -0.2) is 16.2 Å². The summed E-state index contributed by atoms with van der Waals surface area (Å²) in [5.41, 5.74) is 5.37. The van der Waals surface area contributed by atoms with E-state index in [1.165, 1.54) is 40.6 Å². The molecule has 2 N–H and O–H groups in total. The first-order valence-electron chi connectivity index (χ1n) is 7.47. The van der Waals surface area contributed by atoms with E-state index in [4.69, 9.17) is 0 Å². The molecule has 2 heteroatoms. The van der Waals surface area contributed by atoms with E-state index >= 15 is 0 Å². The number of fused-ring (bicyclic) bond motifs is 1. The number of hydrogen-bond acceptors (Lipinski definition) is 1. The van der Waals surface area contributed by atoms with Crippen molar-refractivity contribution in [1.29, 1.82) is 0 Å². The number of H-pyrrole nitrogens is 1. The van der Waals surface area contributed by atoms with Crippen molar-refractivity contribution in [3.05, 3.63) is 35.0 Å². The highest BCUT2D eigenvalue weighted by atomic mass is 16.3. The van der Waals surface area contributed by atoms with Gasteiger partial charge in [0.05, 0.1) is 6.10 Å². The van der Waals surface area contributed by atoms with Gasteiger partial charge in [-0.15, -0.1) is 0 Å². The highest BCUT2D eigenvalue weighted by Gasteiger charge is 2.26. The highest BCUT2D eigenvalue weighted by Crippen LogP contribution is 2.33. The molecule has 1 aliphatic carbocycles. The Bertz CT molecular complexity index is 584. The summed E-state index contributed by atoms with van der Waals surface area (Å²) < 4.78 is 0. The number of aryl methyl sites for hydroxylation is 2. The minimum Gasteiger partial charge on any atom is -0.393 e. The Morgan fingerprint density at radius 3 is 2.84 bits per heavy atom. The molecule has 0 aliphatic heterocycles. The van der Waals surface area contributed by atoms with Crippen LogP contribution in [0.15, 0.2) is 18.2 Å². The maximum Gasteiger partial charge on any atom is 0.0571 e. The fraction of sp³-hybridized carbons (Fsp3) is 0.529. The Morgan fingerprint density at radius 1 is 1.32 bits per heavy atom. The molecule has 1 aromatic heterocycles. The van der Waals surface area contributed by atoms with Crippen LogP contribution in [-0.2, 0) is 12.8 Å². The molecule has 0 spiro atoms. The molecule has 1 fully saturated rings. The van der Waals surface area contributed by atoms with Crippen molar-refractivity contribution in [3.63, 3.8) is 0 Å². The topological polar surface area (TPSA) is 36.0 Å². The zero-order chi connectivity index (χ0) is 13.4. The van der Waals surface area contributed by atoms with Gasteiger partial charge in [0.25, 0.3) is 0 Å². The number of para-hydroxylation sites is 1. The average molecular weight is 257 g/mol. The van der Waals surface area contributed by atoms with E-state index in [1.807, 2.05) is 0 Å². The van der Waals surface area contributed by atoms with Crippen LogP contribution < -0.4 is 0 Å². The number of hydrogen-bond donors (Lipinski definition) is 2. The van der Waals surface area contributed by atoms with Gasteiger partial charge in [0.2, 0.25) is 0 Å². The van der Waals surface area contributed by atoms with Crippen molar-refractivity contribution in [2.24, 2.45) is 5.92 Å². The number of aliphatic hydroxyl groups excluding tert-OH is 1. The van der Waals surface area contributed by atoms with Crippen LogP contribution in [0.25, 0.3) is 10.9 Å². The molecule has 3 rings (SSSR count). The fourth-order valence-electron chi connectivity index (χ4n) is 3.54. The fourth-order valence-corrected chi connectivity index (χ4v) is 3.54. The molecule has 0 amide bonds. The number of aromatic nitrogens is 1. The number of aliphatic hydroxyl groups is 1. The van der Waals surface area contributed by atoms with E-state index < -0.39 is 0 Å². The highest BCUT2D eigenvalue weighted by molar-refractivity contribution is 5.87. The maximum absolute atomic E-state index is 10.0. The molecule has 2 atom stereocenters. The Morgan fingerprint density at radius 2 is 2.16 bits per heavy atom. The van der Waals surface area contributed by atoms with Gasteiger partial charge < -0.3 is 10.1 Å². The van der Waals surface area contributed by atoms with Crippen molar-refractivity contribution >= 4 is 10.9 Å². The van der Waals surface area contributed by atoms with E-state index in [-0.39, 0.29) is 6.10 Å². The Kier molecular flexibility index (Phi) is 3.36. The summed E-state index contributed by atoms with van der Waals surface area (Å²) >= 11 is 0. The second-order valence-electron chi connectivity index (χ2n) is 5.88. The molecule has 0 saturated heterocycles.